The molecular formula is C29H38N4O7. The molecule has 0 aliphatic rings. The number of rotatable bonds is 16. The van der Waals surface area contributed by atoms with E-state index in [1.54, 1.807) is 60.7 Å². The lowest BCUT2D eigenvalue weighted by molar-refractivity contribution is -0.142. The molecule has 0 saturated carbocycles. The van der Waals surface area contributed by atoms with Gasteiger partial charge in [-0.3, -0.25) is 19.2 Å². The Morgan fingerprint density at radius 2 is 1.15 bits per heavy atom. The van der Waals surface area contributed by atoms with E-state index in [-0.39, 0.29) is 25.2 Å². The minimum Gasteiger partial charge on any atom is -0.481 e. The van der Waals surface area contributed by atoms with Crippen molar-refractivity contribution in [2.24, 2.45) is 11.7 Å². The maximum atomic E-state index is 13.3. The van der Waals surface area contributed by atoms with E-state index in [9.17, 15) is 29.1 Å². The van der Waals surface area contributed by atoms with Crippen LogP contribution in [0.15, 0.2) is 60.7 Å². The minimum absolute atomic E-state index is 0.0267. The van der Waals surface area contributed by atoms with Gasteiger partial charge in [0, 0.05) is 19.3 Å². The van der Waals surface area contributed by atoms with Crippen LogP contribution in [0.3, 0.4) is 0 Å². The molecule has 11 heteroatoms. The molecule has 0 bridgehead atoms. The summed E-state index contributed by atoms with van der Waals surface area (Å²) >= 11 is 0. The molecule has 0 aromatic heterocycles. The van der Waals surface area contributed by atoms with Gasteiger partial charge in [-0.25, -0.2) is 4.79 Å². The molecule has 11 nitrogen and oxygen atoms in total. The summed E-state index contributed by atoms with van der Waals surface area (Å²) < 4.78 is 0. The van der Waals surface area contributed by atoms with Crippen LogP contribution < -0.4 is 21.7 Å². The normalized spacial score (nSPS) is 13.9. The fourth-order valence-electron chi connectivity index (χ4n) is 4.08. The molecule has 4 atom stereocenters. The summed E-state index contributed by atoms with van der Waals surface area (Å²) in [4.78, 5) is 62.4. The van der Waals surface area contributed by atoms with Crippen molar-refractivity contribution in [3.63, 3.8) is 0 Å². The molecule has 2 aromatic rings. The monoisotopic (exact) mass is 554 g/mol. The summed E-state index contributed by atoms with van der Waals surface area (Å²) in [6, 6.07) is 12.9. The van der Waals surface area contributed by atoms with E-state index >= 15 is 0 Å². The molecule has 4 unspecified atom stereocenters. The first-order chi connectivity index (χ1) is 19.0. The average Bonchev–Trinajstić information content (AvgIpc) is 2.90. The second kappa shape index (κ2) is 16.0. The zero-order chi connectivity index (χ0) is 29.7. The smallest absolute Gasteiger partial charge is 0.326 e. The number of nitrogens with two attached hydrogens (primary N) is 1. The number of carbonyl (C=O) groups is 5. The number of nitrogens with one attached hydrogen (secondary N) is 3. The molecule has 0 saturated heterocycles. The number of carbonyl (C=O) groups excluding carboxylic acids is 3. The summed E-state index contributed by atoms with van der Waals surface area (Å²) in [5.74, 6) is -4.42. The first-order valence-corrected chi connectivity index (χ1v) is 13.1. The minimum atomic E-state index is -1.27. The van der Waals surface area contributed by atoms with Gasteiger partial charge >= 0.3 is 11.9 Å². The molecule has 7 N–H and O–H groups in total. The Morgan fingerprint density at radius 1 is 0.700 bits per heavy atom. The van der Waals surface area contributed by atoms with E-state index < -0.39 is 60.2 Å². The second-order valence-corrected chi connectivity index (χ2v) is 10.1. The highest BCUT2D eigenvalue weighted by atomic mass is 16.4. The zero-order valence-corrected chi connectivity index (χ0v) is 22.7. The summed E-state index contributed by atoms with van der Waals surface area (Å²) in [6.07, 6.45) is -0.226. The third-order valence-corrected chi connectivity index (χ3v) is 6.15. The van der Waals surface area contributed by atoms with Gasteiger partial charge in [0.1, 0.15) is 18.1 Å². The van der Waals surface area contributed by atoms with Gasteiger partial charge in [0.2, 0.25) is 17.7 Å². The Kier molecular flexibility index (Phi) is 12.8. The highest BCUT2D eigenvalue weighted by Crippen LogP contribution is 2.09. The van der Waals surface area contributed by atoms with Crippen molar-refractivity contribution < 1.29 is 34.2 Å². The van der Waals surface area contributed by atoms with Crippen molar-refractivity contribution >= 4 is 29.7 Å². The molecular weight excluding hydrogens is 516 g/mol. The van der Waals surface area contributed by atoms with Gasteiger partial charge in [-0.05, 0) is 29.9 Å². The molecule has 0 heterocycles. The molecule has 0 spiro atoms. The summed E-state index contributed by atoms with van der Waals surface area (Å²) in [6.45, 7) is 3.77. The SMILES string of the molecule is CC(C)CC(N)C(=O)NC(CCC(=O)O)C(=O)NC(Cc1ccccc1)C(=O)NC(Cc1ccccc1)C(=O)O. The van der Waals surface area contributed by atoms with E-state index in [1.165, 1.54) is 0 Å². The number of aliphatic carboxylic acids is 2. The second-order valence-electron chi connectivity index (χ2n) is 10.1. The first-order valence-electron chi connectivity index (χ1n) is 13.1. The number of hydrogen-bond acceptors (Lipinski definition) is 6. The fourth-order valence-corrected chi connectivity index (χ4v) is 4.08. The quantitative estimate of drug-likeness (QED) is 0.179. The van der Waals surface area contributed by atoms with E-state index in [2.05, 4.69) is 16.0 Å². The van der Waals surface area contributed by atoms with Crippen LogP contribution >= 0.6 is 0 Å². The van der Waals surface area contributed by atoms with Crippen molar-refractivity contribution in [1.29, 1.82) is 0 Å². The Labute approximate surface area is 233 Å². The lowest BCUT2D eigenvalue weighted by atomic mass is 10.0. The topological polar surface area (TPSA) is 188 Å². The highest BCUT2D eigenvalue weighted by Gasteiger charge is 2.31. The first kappa shape index (κ1) is 32.0. The maximum Gasteiger partial charge on any atom is 0.326 e. The number of carboxylic acid groups (broad SMARTS) is 2. The lowest BCUT2D eigenvalue weighted by Crippen LogP contribution is -2.58. The third kappa shape index (κ3) is 11.2. The Balaban J connectivity index is 2.25. The van der Waals surface area contributed by atoms with Gasteiger partial charge in [0.15, 0.2) is 0 Å². The standard InChI is InChI=1S/C29H38N4O7/c1-18(2)15-21(30)26(36)31-22(13-14-25(34)35)27(37)32-23(16-19-9-5-3-6-10-19)28(38)33-24(29(39)40)17-20-11-7-4-8-12-20/h3-12,18,21-24H,13-17,30H2,1-2H3,(H,31,36)(H,32,37)(H,33,38)(H,34,35)(H,39,40). The van der Waals surface area contributed by atoms with E-state index in [4.69, 9.17) is 10.8 Å². The van der Waals surface area contributed by atoms with Gasteiger partial charge in [-0.2, -0.15) is 0 Å². The maximum absolute atomic E-state index is 13.3. The molecule has 0 aliphatic carbocycles. The van der Waals surface area contributed by atoms with E-state index in [0.717, 1.165) is 0 Å². The molecule has 0 aliphatic heterocycles. The van der Waals surface area contributed by atoms with E-state index in [0.29, 0.717) is 17.5 Å². The number of hydrogen-bond donors (Lipinski definition) is 6. The van der Waals surface area contributed by atoms with Crippen LogP contribution in [0.1, 0.15) is 44.2 Å². The van der Waals surface area contributed by atoms with Crippen molar-refractivity contribution in [2.45, 2.75) is 70.1 Å². The Morgan fingerprint density at radius 3 is 1.62 bits per heavy atom. The van der Waals surface area contributed by atoms with Crippen molar-refractivity contribution in [1.82, 2.24) is 16.0 Å². The van der Waals surface area contributed by atoms with Gasteiger partial charge < -0.3 is 31.9 Å². The van der Waals surface area contributed by atoms with Crippen LogP contribution in [0.25, 0.3) is 0 Å². The van der Waals surface area contributed by atoms with Crippen LogP contribution in [0.2, 0.25) is 0 Å². The van der Waals surface area contributed by atoms with Crippen LogP contribution in [0, 0.1) is 5.92 Å². The molecule has 0 fully saturated rings. The molecule has 0 radical (unpaired) electrons. The van der Waals surface area contributed by atoms with Gasteiger partial charge in [0.05, 0.1) is 6.04 Å². The average molecular weight is 555 g/mol. The van der Waals surface area contributed by atoms with Gasteiger partial charge in [0.25, 0.3) is 0 Å². The van der Waals surface area contributed by atoms with Crippen LogP contribution in [-0.4, -0.2) is 64.0 Å². The fraction of sp³-hybridized carbons (Fsp3) is 0.414. The molecule has 3 amide bonds. The van der Waals surface area contributed by atoms with Crippen molar-refractivity contribution in [3.05, 3.63) is 71.8 Å². The number of benzene rings is 2. The zero-order valence-electron chi connectivity index (χ0n) is 22.7. The van der Waals surface area contributed by atoms with Crippen molar-refractivity contribution in [3.8, 4) is 0 Å². The Hall–Kier alpha value is -4.25. The van der Waals surface area contributed by atoms with Crippen molar-refractivity contribution in [2.75, 3.05) is 0 Å². The summed E-state index contributed by atoms with van der Waals surface area (Å²) in [7, 11) is 0. The van der Waals surface area contributed by atoms with E-state index in [1.807, 2.05) is 13.8 Å². The van der Waals surface area contributed by atoms with Crippen LogP contribution in [-0.2, 0) is 36.8 Å². The molecule has 216 valence electrons. The van der Waals surface area contributed by atoms with Gasteiger partial charge in [-0.15, -0.1) is 0 Å². The molecule has 2 rings (SSSR count). The highest BCUT2D eigenvalue weighted by molar-refractivity contribution is 5.94. The largest absolute Gasteiger partial charge is 0.481 e. The molecule has 40 heavy (non-hydrogen) atoms. The predicted molar refractivity (Wildman–Crippen MR) is 148 cm³/mol. The number of carboxylic acids is 2. The predicted octanol–water partition coefficient (Wildman–Crippen LogP) is 1.25. The number of amides is 3. The van der Waals surface area contributed by atoms with Gasteiger partial charge in [-0.1, -0.05) is 74.5 Å². The summed E-state index contributed by atoms with van der Waals surface area (Å²) in [5.41, 5.74) is 7.34. The lowest BCUT2D eigenvalue weighted by Gasteiger charge is -2.25. The Bertz CT molecular complexity index is 1140. The van der Waals surface area contributed by atoms with Crippen LogP contribution in [0.5, 0.6) is 0 Å². The van der Waals surface area contributed by atoms with Crippen LogP contribution in [0.4, 0.5) is 0 Å². The summed E-state index contributed by atoms with van der Waals surface area (Å²) in [5, 5.41) is 26.5. The third-order valence-electron chi connectivity index (χ3n) is 6.15. The molecule has 2 aromatic carbocycles.